The minimum atomic E-state index is -0.344. The van der Waals surface area contributed by atoms with Gasteiger partial charge in [-0.1, -0.05) is 47.6 Å². The molecule has 0 bridgehead atoms. The summed E-state index contributed by atoms with van der Waals surface area (Å²) in [7, 11) is 0. The van der Waals surface area contributed by atoms with Gasteiger partial charge in [0.2, 0.25) is 5.76 Å². The Balaban J connectivity index is 1.61. The van der Waals surface area contributed by atoms with E-state index in [2.05, 4.69) is 20.7 Å². The predicted molar refractivity (Wildman–Crippen MR) is 95.9 cm³/mol. The average Bonchev–Trinajstić information content (AvgIpc) is 3.31. The number of nitrogens with zero attached hydrogens (tertiary/aromatic N) is 2. The van der Waals surface area contributed by atoms with E-state index in [0.717, 1.165) is 22.2 Å². The average molecular weight is 330 g/mol. The summed E-state index contributed by atoms with van der Waals surface area (Å²) in [5.41, 5.74) is 3.36. The number of aromatic amines is 1. The molecule has 0 atom stereocenters. The Morgan fingerprint density at radius 2 is 1.88 bits per heavy atom. The molecule has 6 nitrogen and oxygen atoms in total. The summed E-state index contributed by atoms with van der Waals surface area (Å²) in [4.78, 5) is 12.1. The molecule has 25 heavy (non-hydrogen) atoms. The van der Waals surface area contributed by atoms with Gasteiger partial charge in [0.05, 0.1) is 17.4 Å². The minimum absolute atomic E-state index is 0.164. The zero-order chi connectivity index (χ0) is 17.1. The number of fused-ring (bicyclic) bond motifs is 1. The third-order valence-corrected chi connectivity index (χ3v) is 3.79. The van der Waals surface area contributed by atoms with Crippen molar-refractivity contribution in [2.75, 3.05) is 5.32 Å². The SMILES string of the molecule is O=C(Nc1ccccc1C=Cc1n[nH]c2ccccc12)c1ccno1. The number of aromatic nitrogens is 3. The third-order valence-electron chi connectivity index (χ3n) is 3.79. The second-order valence-corrected chi connectivity index (χ2v) is 5.41. The zero-order valence-corrected chi connectivity index (χ0v) is 13.1. The van der Waals surface area contributed by atoms with Crippen LogP contribution in [0.3, 0.4) is 0 Å². The first-order chi connectivity index (χ1) is 12.3. The number of carbonyl (C=O) groups excluding carboxylic acids is 1. The normalized spacial score (nSPS) is 11.2. The van der Waals surface area contributed by atoms with E-state index in [9.17, 15) is 4.79 Å². The van der Waals surface area contributed by atoms with Crippen molar-refractivity contribution in [3.63, 3.8) is 0 Å². The smallest absolute Gasteiger partial charge is 0.294 e. The predicted octanol–water partition coefficient (Wildman–Crippen LogP) is 3.97. The second kappa shape index (κ2) is 6.45. The van der Waals surface area contributed by atoms with Crippen LogP contribution in [0.15, 0.2) is 65.3 Å². The number of hydrogen-bond donors (Lipinski definition) is 2. The highest BCUT2D eigenvalue weighted by molar-refractivity contribution is 6.03. The van der Waals surface area contributed by atoms with Gasteiger partial charge in [0.1, 0.15) is 0 Å². The van der Waals surface area contributed by atoms with Gasteiger partial charge >= 0.3 is 0 Å². The van der Waals surface area contributed by atoms with Crippen molar-refractivity contribution in [3.8, 4) is 0 Å². The molecule has 2 aromatic heterocycles. The van der Waals surface area contributed by atoms with Crippen LogP contribution in [0, 0.1) is 0 Å². The lowest BCUT2D eigenvalue weighted by molar-refractivity contribution is 0.0988. The Labute approximate surface area is 143 Å². The molecule has 1 amide bonds. The molecule has 2 aromatic carbocycles. The van der Waals surface area contributed by atoms with Crippen molar-refractivity contribution in [3.05, 3.63) is 77.8 Å². The van der Waals surface area contributed by atoms with Gasteiger partial charge in [-0.3, -0.25) is 9.89 Å². The van der Waals surface area contributed by atoms with Crippen LogP contribution in [0.2, 0.25) is 0 Å². The topological polar surface area (TPSA) is 83.8 Å². The van der Waals surface area contributed by atoms with Crippen molar-refractivity contribution >= 4 is 34.6 Å². The van der Waals surface area contributed by atoms with Gasteiger partial charge in [-0.2, -0.15) is 5.10 Å². The van der Waals surface area contributed by atoms with E-state index in [1.807, 2.05) is 60.7 Å². The van der Waals surface area contributed by atoms with Crippen molar-refractivity contribution in [2.45, 2.75) is 0 Å². The molecular formula is C19H14N4O2. The summed E-state index contributed by atoms with van der Waals surface area (Å²) in [6.45, 7) is 0. The Kier molecular flexibility index (Phi) is 3.84. The van der Waals surface area contributed by atoms with Gasteiger partial charge in [0, 0.05) is 17.1 Å². The molecule has 2 heterocycles. The van der Waals surface area contributed by atoms with Crippen LogP contribution < -0.4 is 5.32 Å². The van der Waals surface area contributed by atoms with Crippen molar-refractivity contribution in [1.29, 1.82) is 0 Å². The lowest BCUT2D eigenvalue weighted by Gasteiger charge is -2.06. The Bertz CT molecular complexity index is 1050. The van der Waals surface area contributed by atoms with Crippen LogP contribution in [0.25, 0.3) is 23.1 Å². The number of anilines is 1. The molecule has 0 aliphatic carbocycles. The highest BCUT2D eigenvalue weighted by Gasteiger charge is 2.11. The summed E-state index contributed by atoms with van der Waals surface area (Å²) >= 11 is 0. The van der Waals surface area contributed by atoms with E-state index >= 15 is 0 Å². The van der Waals surface area contributed by atoms with E-state index in [1.165, 1.54) is 12.3 Å². The maximum atomic E-state index is 12.1. The van der Waals surface area contributed by atoms with Crippen LogP contribution >= 0.6 is 0 Å². The Morgan fingerprint density at radius 3 is 2.76 bits per heavy atom. The molecule has 6 heteroatoms. The molecule has 0 radical (unpaired) electrons. The lowest BCUT2D eigenvalue weighted by Crippen LogP contribution is -2.11. The second-order valence-electron chi connectivity index (χ2n) is 5.41. The number of H-pyrrole nitrogens is 1. The molecule has 0 saturated carbocycles. The van der Waals surface area contributed by atoms with Crippen molar-refractivity contribution in [2.24, 2.45) is 0 Å². The van der Waals surface area contributed by atoms with Crippen molar-refractivity contribution in [1.82, 2.24) is 15.4 Å². The van der Waals surface area contributed by atoms with Crippen molar-refractivity contribution < 1.29 is 9.32 Å². The van der Waals surface area contributed by atoms with E-state index in [1.54, 1.807) is 0 Å². The van der Waals surface area contributed by atoms with Gasteiger partial charge in [-0.15, -0.1) is 0 Å². The van der Waals surface area contributed by atoms with Gasteiger partial charge in [-0.05, 0) is 23.8 Å². The standard InChI is InChI=1S/C19H14N4O2/c24-19(18-11-12-20-25-18)21-15-7-3-1-5-13(15)9-10-17-14-6-2-4-8-16(14)22-23-17/h1-12H,(H,21,24)(H,22,23). The number of rotatable bonds is 4. The zero-order valence-electron chi connectivity index (χ0n) is 13.1. The van der Waals surface area contributed by atoms with E-state index in [-0.39, 0.29) is 11.7 Å². The van der Waals surface area contributed by atoms with Gasteiger partial charge < -0.3 is 9.84 Å². The maximum absolute atomic E-state index is 12.1. The van der Waals surface area contributed by atoms with Crippen LogP contribution in [-0.2, 0) is 0 Å². The first-order valence-corrected chi connectivity index (χ1v) is 7.73. The molecule has 2 N–H and O–H groups in total. The van der Waals surface area contributed by atoms with Gasteiger partial charge in [0.15, 0.2) is 0 Å². The molecule has 4 rings (SSSR count). The first kappa shape index (κ1) is 14.9. The number of nitrogens with one attached hydrogen (secondary N) is 2. The number of benzene rings is 2. The largest absolute Gasteiger partial charge is 0.351 e. The van der Waals surface area contributed by atoms with Gasteiger partial charge in [0.25, 0.3) is 5.91 Å². The van der Waals surface area contributed by atoms with E-state index < -0.39 is 0 Å². The minimum Gasteiger partial charge on any atom is -0.351 e. The van der Waals surface area contributed by atoms with E-state index in [4.69, 9.17) is 4.52 Å². The number of amides is 1. The number of hydrogen-bond acceptors (Lipinski definition) is 4. The summed E-state index contributed by atoms with van der Waals surface area (Å²) in [6, 6.07) is 17.0. The Hall–Kier alpha value is -3.67. The van der Waals surface area contributed by atoms with Crippen LogP contribution in [0.1, 0.15) is 21.8 Å². The van der Waals surface area contributed by atoms with Crippen LogP contribution in [0.4, 0.5) is 5.69 Å². The van der Waals surface area contributed by atoms with Gasteiger partial charge in [-0.25, -0.2) is 0 Å². The highest BCUT2D eigenvalue weighted by Crippen LogP contribution is 2.21. The summed E-state index contributed by atoms with van der Waals surface area (Å²) in [5.74, 6) is -0.180. The number of para-hydroxylation sites is 2. The fourth-order valence-corrected chi connectivity index (χ4v) is 2.55. The summed E-state index contributed by atoms with van der Waals surface area (Å²) < 4.78 is 4.88. The third kappa shape index (κ3) is 3.05. The first-order valence-electron chi connectivity index (χ1n) is 7.73. The highest BCUT2D eigenvalue weighted by atomic mass is 16.5. The molecular weight excluding hydrogens is 316 g/mol. The number of carbonyl (C=O) groups is 1. The quantitative estimate of drug-likeness (QED) is 0.593. The molecule has 0 spiro atoms. The molecule has 0 aliphatic rings. The fourth-order valence-electron chi connectivity index (χ4n) is 2.55. The summed E-state index contributed by atoms with van der Waals surface area (Å²) in [6.07, 6.45) is 5.26. The maximum Gasteiger partial charge on any atom is 0.294 e. The monoisotopic (exact) mass is 330 g/mol. The molecule has 4 aromatic rings. The lowest BCUT2D eigenvalue weighted by atomic mass is 10.1. The van der Waals surface area contributed by atoms with E-state index in [0.29, 0.717) is 5.69 Å². The van der Waals surface area contributed by atoms with Crippen LogP contribution in [0.5, 0.6) is 0 Å². The molecule has 0 aliphatic heterocycles. The van der Waals surface area contributed by atoms with Crippen LogP contribution in [-0.4, -0.2) is 21.3 Å². The summed E-state index contributed by atoms with van der Waals surface area (Å²) in [5, 5.41) is 14.7. The molecule has 0 saturated heterocycles. The molecule has 0 unspecified atom stereocenters. The Morgan fingerprint density at radius 1 is 1.04 bits per heavy atom. The fraction of sp³-hybridized carbons (Fsp3) is 0. The molecule has 0 fully saturated rings. The molecule has 122 valence electrons.